The molecule has 0 atom stereocenters. The Labute approximate surface area is 148 Å². The molecule has 1 aromatic carbocycles. The third-order valence-corrected chi connectivity index (χ3v) is 5.22. The van der Waals surface area contributed by atoms with Gasteiger partial charge in [-0.2, -0.15) is 5.10 Å². The van der Waals surface area contributed by atoms with E-state index in [1.807, 2.05) is 37.3 Å². The molecule has 1 N–H and O–H groups in total. The van der Waals surface area contributed by atoms with Crippen molar-refractivity contribution in [1.29, 1.82) is 0 Å². The van der Waals surface area contributed by atoms with Crippen LogP contribution in [0.25, 0.3) is 10.2 Å². The fourth-order valence-corrected chi connectivity index (χ4v) is 3.97. The Bertz CT molecular complexity index is 821. The summed E-state index contributed by atoms with van der Waals surface area (Å²) in [5.74, 6) is 0.512. The van der Waals surface area contributed by atoms with Crippen LogP contribution in [0.15, 0.2) is 55.3 Å². The minimum Gasteiger partial charge on any atom is -0.448 e. The molecule has 0 aliphatic heterocycles. The topological polar surface area (TPSA) is 67.5 Å². The number of carbonyl (C=O) groups is 1. The number of nitrogens with one attached hydrogen (secondary N) is 1. The van der Waals surface area contributed by atoms with Gasteiger partial charge in [-0.3, -0.25) is 4.79 Å². The minimum atomic E-state index is -0.0799. The molecule has 3 aromatic rings. The van der Waals surface area contributed by atoms with Crippen molar-refractivity contribution >= 4 is 45.4 Å². The van der Waals surface area contributed by atoms with E-state index in [1.165, 1.54) is 18.0 Å². The second-order valence-electron chi connectivity index (χ2n) is 5.10. The Morgan fingerprint density at radius 3 is 3.08 bits per heavy atom. The van der Waals surface area contributed by atoms with Gasteiger partial charge in [0, 0.05) is 6.42 Å². The maximum atomic E-state index is 11.5. The smallest absolute Gasteiger partial charge is 0.240 e. The highest BCUT2D eigenvalue weighted by Crippen LogP contribution is 2.34. The highest BCUT2D eigenvalue weighted by molar-refractivity contribution is 8.01. The molecular weight excluding hydrogens is 342 g/mol. The monoisotopic (exact) mass is 359 g/mol. The number of amides is 1. The van der Waals surface area contributed by atoms with Gasteiger partial charge < -0.3 is 4.42 Å². The van der Waals surface area contributed by atoms with Crippen LogP contribution in [0.3, 0.4) is 0 Å². The molecule has 0 saturated carbocycles. The molecule has 5 nitrogen and oxygen atoms in total. The second-order valence-corrected chi connectivity index (χ2v) is 7.39. The molecule has 0 bridgehead atoms. The standard InChI is InChI=1S/C17H17N3O2S2/c1-2-3-8-15(21)20-18-11-12-9-10-16(22-12)24-17-19-13-6-4-5-7-14(13)23-17/h4-7,9-11H,2-3,8H2,1H3,(H,20,21)/b18-11-. The van der Waals surface area contributed by atoms with E-state index in [-0.39, 0.29) is 5.91 Å². The lowest BCUT2D eigenvalue weighted by molar-refractivity contribution is -0.121. The first-order chi connectivity index (χ1) is 11.7. The molecule has 7 heteroatoms. The highest BCUT2D eigenvalue weighted by Gasteiger charge is 2.08. The van der Waals surface area contributed by atoms with Gasteiger partial charge in [-0.1, -0.05) is 25.5 Å². The second kappa shape index (κ2) is 8.12. The molecule has 2 aromatic heterocycles. The quantitative estimate of drug-likeness (QED) is 0.491. The molecule has 24 heavy (non-hydrogen) atoms. The first-order valence-corrected chi connectivity index (χ1v) is 9.33. The summed E-state index contributed by atoms with van der Waals surface area (Å²) >= 11 is 3.11. The van der Waals surface area contributed by atoms with Crippen molar-refractivity contribution in [1.82, 2.24) is 10.4 Å². The third-order valence-electron chi connectivity index (χ3n) is 3.20. The molecule has 0 spiro atoms. The van der Waals surface area contributed by atoms with Crippen molar-refractivity contribution in [3.05, 3.63) is 42.2 Å². The largest absolute Gasteiger partial charge is 0.448 e. The molecular formula is C17H17N3O2S2. The predicted octanol–water partition coefficient (Wildman–Crippen LogP) is 4.68. The SMILES string of the molecule is CCCCC(=O)N/N=C\c1ccc(Sc2nc3ccccc3s2)o1. The summed E-state index contributed by atoms with van der Waals surface area (Å²) in [6, 6.07) is 11.7. The number of unbranched alkanes of at least 4 members (excludes halogenated alkanes) is 1. The number of thiazole rings is 1. The molecule has 0 aliphatic carbocycles. The van der Waals surface area contributed by atoms with Gasteiger partial charge in [-0.15, -0.1) is 11.3 Å². The summed E-state index contributed by atoms with van der Waals surface area (Å²) in [7, 11) is 0. The van der Waals surface area contributed by atoms with E-state index in [0.717, 1.165) is 32.5 Å². The van der Waals surface area contributed by atoms with Crippen LogP contribution in [0.1, 0.15) is 31.9 Å². The zero-order chi connectivity index (χ0) is 16.8. The predicted molar refractivity (Wildman–Crippen MR) is 97.7 cm³/mol. The Morgan fingerprint density at radius 2 is 2.25 bits per heavy atom. The van der Waals surface area contributed by atoms with Gasteiger partial charge in [-0.05, 0) is 42.4 Å². The minimum absolute atomic E-state index is 0.0799. The van der Waals surface area contributed by atoms with Crippen molar-refractivity contribution in [2.24, 2.45) is 5.10 Å². The molecule has 2 heterocycles. The van der Waals surface area contributed by atoms with Gasteiger partial charge in [0.1, 0.15) is 5.76 Å². The summed E-state index contributed by atoms with van der Waals surface area (Å²) in [5.41, 5.74) is 3.49. The van der Waals surface area contributed by atoms with Gasteiger partial charge in [0.25, 0.3) is 0 Å². The number of hydrazone groups is 1. The first kappa shape index (κ1) is 16.7. The van der Waals surface area contributed by atoms with E-state index in [0.29, 0.717) is 12.2 Å². The van der Waals surface area contributed by atoms with Crippen LogP contribution in [0.2, 0.25) is 0 Å². The van der Waals surface area contributed by atoms with Crippen molar-refractivity contribution in [2.45, 2.75) is 35.6 Å². The van der Waals surface area contributed by atoms with Crippen LogP contribution in [0.4, 0.5) is 0 Å². The Balaban J connectivity index is 1.58. The highest BCUT2D eigenvalue weighted by atomic mass is 32.2. The van der Waals surface area contributed by atoms with Gasteiger partial charge in [0.05, 0.1) is 16.4 Å². The van der Waals surface area contributed by atoms with E-state index < -0.39 is 0 Å². The molecule has 0 unspecified atom stereocenters. The molecule has 0 saturated heterocycles. The average molecular weight is 359 g/mol. The van der Waals surface area contributed by atoms with Crippen LogP contribution in [-0.4, -0.2) is 17.1 Å². The lowest BCUT2D eigenvalue weighted by atomic mass is 10.2. The first-order valence-electron chi connectivity index (χ1n) is 7.70. The van der Waals surface area contributed by atoms with E-state index in [2.05, 4.69) is 21.6 Å². The molecule has 0 aliphatic rings. The fourth-order valence-electron chi connectivity index (χ4n) is 2.00. The summed E-state index contributed by atoms with van der Waals surface area (Å²) < 4.78 is 7.76. The van der Waals surface area contributed by atoms with Gasteiger partial charge in [-0.25, -0.2) is 10.4 Å². The van der Waals surface area contributed by atoms with E-state index >= 15 is 0 Å². The fraction of sp³-hybridized carbons (Fsp3) is 0.235. The molecule has 1 amide bonds. The number of carbonyl (C=O) groups excluding carboxylic acids is 1. The Hall–Kier alpha value is -2.12. The molecule has 3 rings (SSSR count). The van der Waals surface area contributed by atoms with E-state index in [4.69, 9.17) is 4.42 Å². The zero-order valence-electron chi connectivity index (χ0n) is 13.2. The number of aromatic nitrogens is 1. The number of hydrogen-bond acceptors (Lipinski definition) is 6. The number of fused-ring (bicyclic) bond motifs is 1. The average Bonchev–Trinajstić information content (AvgIpc) is 3.19. The summed E-state index contributed by atoms with van der Waals surface area (Å²) in [6.45, 7) is 2.05. The summed E-state index contributed by atoms with van der Waals surface area (Å²) in [5, 5.41) is 4.65. The van der Waals surface area contributed by atoms with Gasteiger partial charge in [0.2, 0.25) is 5.91 Å². The van der Waals surface area contributed by atoms with Crippen molar-refractivity contribution in [3.8, 4) is 0 Å². The number of para-hydroxylation sites is 1. The van der Waals surface area contributed by atoms with Gasteiger partial charge >= 0.3 is 0 Å². The maximum absolute atomic E-state index is 11.5. The van der Waals surface area contributed by atoms with E-state index in [1.54, 1.807) is 11.3 Å². The van der Waals surface area contributed by atoms with Crippen LogP contribution in [0.5, 0.6) is 0 Å². The van der Waals surface area contributed by atoms with E-state index in [9.17, 15) is 4.79 Å². The molecule has 124 valence electrons. The molecule has 0 radical (unpaired) electrons. The third kappa shape index (κ3) is 4.46. The van der Waals surface area contributed by atoms with Crippen LogP contribution in [-0.2, 0) is 4.79 Å². The number of hydrogen-bond donors (Lipinski definition) is 1. The van der Waals surface area contributed by atoms with Crippen molar-refractivity contribution in [2.75, 3.05) is 0 Å². The Morgan fingerprint density at radius 1 is 1.38 bits per heavy atom. The van der Waals surface area contributed by atoms with Gasteiger partial charge in [0.15, 0.2) is 9.43 Å². The van der Waals surface area contributed by atoms with Crippen LogP contribution < -0.4 is 5.43 Å². The molecule has 0 fully saturated rings. The van der Waals surface area contributed by atoms with Crippen molar-refractivity contribution in [3.63, 3.8) is 0 Å². The van der Waals surface area contributed by atoms with Crippen LogP contribution in [0, 0.1) is 0 Å². The maximum Gasteiger partial charge on any atom is 0.240 e. The number of benzene rings is 1. The lowest BCUT2D eigenvalue weighted by Crippen LogP contribution is -2.16. The zero-order valence-corrected chi connectivity index (χ0v) is 14.8. The lowest BCUT2D eigenvalue weighted by Gasteiger charge is -1.96. The number of furan rings is 1. The number of rotatable bonds is 7. The van der Waals surface area contributed by atoms with Crippen LogP contribution >= 0.6 is 23.1 Å². The summed E-state index contributed by atoms with van der Waals surface area (Å²) in [4.78, 5) is 16.0. The normalized spacial score (nSPS) is 11.4. The number of nitrogens with zero attached hydrogens (tertiary/aromatic N) is 2. The summed E-state index contributed by atoms with van der Waals surface area (Å²) in [6.07, 6.45) is 3.85. The van der Waals surface area contributed by atoms with Crippen molar-refractivity contribution < 1.29 is 9.21 Å². The Kier molecular flexibility index (Phi) is 5.66.